The van der Waals surface area contributed by atoms with Crippen LogP contribution in [0.2, 0.25) is 0 Å². The van der Waals surface area contributed by atoms with E-state index in [1.165, 1.54) is 32.1 Å². The standard InChI is InChI=1S/C38H67N5O4/c1-25(2)32(41(10)37(47)34(38(7,8)9)40-35(45)31-20-14-15-21-42(31)26(3)4)23-27(5)36(46)43-22-16-19-30(43)24-33(44)39-28(6)29-17-12-11-13-18-29/h23,25-26,28-32,34H,11-22,24H2,1-10H3,(H,39,44)(H,40,45)/b27-23+/t28-,30?,31?,32+,34?/m0/s1. The predicted octanol–water partition coefficient (Wildman–Crippen LogP) is 5.68. The maximum absolute atomic E-state index is 14.2. The van der Waals surface area contributed by atoms with Gasteiger partial charge in [0.2, 0.25) is 23.6 Å². The quantitative estimate of drug-likeness (QED) is 0.263. The van der Waals surface area contributed by atoms with Gasteiger partial charge in [-0.25, -0.2) is 0 Å². The minimum absolute atomic E-state index is 0.0276. The summed E-state index contributed by atoms with van der Waals surface area (Å²) in [5, 5.41) is 6.40. The highest BCUT2D eigenvalue weighted by Crippen LogP contribution is 2.29. The number of rotatable bonds is 12. The molecule has 2 heterocycles. The molecule has 5 atom stereocenters. The number of amides is 4. The minimum atomic E-state index is -0.709. The van der Waals surface area contributed by atoms with E-state index in [2.05, 4.69) is 36.3 Å². The van der Waals surface area contributed by atoms with Gasteiger partial charge in [0.25, 0.3) is 0 Å². The smallest absolute Gasteiger partial charge is 0.249 e. The Hall–Kier alpha value is -2.42. The zero-order valence-electron chi connectivity index (χ0n) is 31.4. The molecule has 2 saturated heterocycles. The predicted molar refractivity (Wildman–Crippen MR) is 190 cm³/mol. The van der Waals surface area contributed by atoms with Crippen LogP contribution in [0.25, 0.3) is 0 Å². The van der Waals surface area contributed by atoms with E-state index in [0.717, 1.165) is 38.6 Å². The van der Waals surface area contributed by atoms with Crippen molar-refractivity contribution in [3.05, 3.63) is 11.6 Å². The third-order valence-electron chi connectivity index (χ3n) is 11.0. The maximum Gasteiger partial charge on any atom is 0.249 e. The average molecular weight is 658 g/mol. The van der Waals surface area contributed by atoms with Gasteiger partial charge in [-0.1, -0.05) is 66.4 Å². The van der Waals surface area contributed by atoms with Crippen LogP contribution in [0.4, 0.5) is 0 Å². The van der Waals surface area contributed by atoms with Crippen molar-refractivity contribution in [1.29, 1.82) is 0 Å². The summed E-state index contributed by atoms with van der Waals surface area (Å²) in [6, 6.07) is -0.989. The number of likely N-dealkylation sites (tertiary alicyclic amines) is 2. The Balaban J connectivity index is 1.70. The number of carbonyl (C=O) groups excluding carboxylic acids is 4. The molecule has 9 nitrogen and oxygen atoms in total. The molecule has 0 aromatic heterocycles. The second-order valence-corrected chi connectivity index (χ2v) is 16.4. The maximum atomic E-state index is 14.2. The summed E-state index contributed by atoms with van der Waals surface area (Å²) < 4.78 is 0. The van der Waals surface area contributed by atoms with Gasteiger partial charge in [0.1, 0.15) is 6.04 Å². The van der Waals surface area contributed by atoms with E-state index in [9.17, 15) is 19.2 Å². The highest BCUT2D eigenvalue weighted by molar-refractivity contribution is 5.94. The van der Waals surface area contributed by atoms with Crippen LogP contribution in [0.5, 0.6) is 0 Å². The van der Waals surface area contributed by atoms with Crippen molar-refractivity contribution in [1.82, 2.24) is 25.3 Å². The lowest BCUT2D eigenvalue weighted by molar-refractivity contribution is -0.142. The van der Waals surface area contributed by atoms with Crippen LogP contribution in [-0.4, -0.2) is 94.7 Å². The first-order valence-electron chi connectivity index (χ1n) is 18.6. The molecule has 2 aliphatic heterocycles. The molecule has 3 rings (SSSR count). The van der Waals surface area contributed by atoms with Crippen molar-refractivity contribution >= 4 is 23.6 Å². The van der Waals surface area contributed by atoms with Gasteiger partial charge in [0.15, 0.2) is 0 Å². The number of nitrogens with zero attached hydrogens (tertiary/aromatic N) is 3. The van der Waals surface area contributed by atoms with Crippen molar-refractivity contribution < 1.29 is 19.2 Å². The number of hydrogen-bond acceptors (Lipinski definition) is 5. The summed E-state index contributed by atoms with van der Waals surface area (Å²) in [7, 11) is 1.78. The Morgan fingerprint density at radius 2 is 1.49 bits per heavy atom. The van der Waals surface area contributed by atoms with E-state index in [4.69, 9.17) is 0 Å². The molecular weight excluding hydrogens is 590 g/mol. The molecule has 47 heavy (non-hydrogen) atoms. The molecule has 3 fully saturated rings. The summed E-state index contributed by atoms with van der Waals surface area (Å²) in [6.45, 7) is 19.8. The van der Waals surface area contributed by atoms with Crippen LogP contribution in [0.3, 0.4) is 0 Å². The molecule has 0 bridgehead atoms. The Morgan fingerprint density at radius 1 is 0.851 bits per heavy atom. The van der Waals surface area contributed by atoms with E-state index in [-0.39, 0.29) is 59.8 Å². The summed E-state index contributed by atoms with van der Waals surface area (Å²) in [4.78, 5) is 60.5. The second-order valence-electron chi connectivity index (χ2n) is 16.4. The summed E-state index contributed by atoms with van der Waals surface area (Å²) >= 11 is 0. The van der Waals surface area contributed by atoms with Gasteiger partial charge >= 0.3 is 0 Å². The lowest BCUT2D eigenvalue weighted by atomic mass is 9.84. The van der Waals surface area contributed by atoms with Crippen molar-refractivity contribution in [2.24, 2.45) is 17.3 Å². The van der Waals surface area contributed by atoms with E-state index in [0.29, 0.717) is 24.5 Å². The minimum Gasteiger partial charge on any atom is -0.353 e. The van der Waals surface area contributed by atoms with Gasteiger partial charge in [-0.2, -0.15) is 0 Å². The van der Waals surface area contributed by atoms with Gasteiger partial charge in [-0.15, -0.1) is 0 Å². The van der Waals surface area contributed by atoms with Crippen LogP contribution in [-0.2, 0) is 19.2 Å². The number of nitrogens with one attached hydrogen (secondary N) is 2. The highest BCUT2D eigenvalue weighted by atomic mass is 16.2. The second kappa shape index (κ2) is 17.3. The molecule has 3 aliphatic rings. The Kier molecular flexibility index (Phi) is 14.4. The summed E-state index contributed by atoms with van der Waals surface area (Å²) in [5.74, 6) is 0.300. The molecule has 268 valence electrons. The van der Waals surface area contributed by atoms with Crippen LogP contribution >= 0.6 is 0 Å². The van der Waals surface area contributed by atoms with Crippen molar-refractivity contribution in [2.45, 2.75) is 169 Å². The van der Waals surface area contributed by atoms with Gasteiger partial charge in [-0.3, -0.25) is 24.1 Å². The number of carbonyl (C=O) groups is 4. The summed E-state index contributed by atoms with van der Waals surface area (Å²) in [5.41, 5.74) is 0.0732. The molecule has 3 unspecified atom stereocenters. The normalized spacial score (nSPS) is 23.8. The van der Waals surface area contributed by atoms with Crippen molar-refractivity contribution in [2.75, 3.05) is 20.1 Å². The first-order valence-corrected chi connectivity index (χ1v) is 18.6. The summed E-state index contributed by atoms with van der Waals surface area (Å²) in [6.07, 6.45) is 12.9. The topological polar surface area (TPSA) is 102 Å². The first-order chi connectivity index (χ1) is 22.0. The van der Waals surface area contributed by atoms with Crippen LogP contribution in [0, 0.1) is 17.3 Å². The van der Waals surface area contributed by atoms with E-state index in [1.807, 2.05) is 52.5 Å². The molecule has 0 aromatic rings. The molecule has 9 heteroatoms. The Bertz CT molecular complexity index is 1110. The first kappa shape index (κ1) is 39.0. The Morgan fingerprint density at radius 3 is 2.09 bits per heavy atom. The lowest BCUT2D eigenvalue weighted by Crippen LogP contribution is -2.60. The van der Waals surface area contributed by atoms with Gasteiger partial charge in [0, 0.05) is 43.7 Å². The molecule has 0 aromatic carbocycles. The van der Waals surface area contributed by atoms with E-state index >= 15 is 0 Å². The monoisotopic (exact) mass is 658 g/mol. The van der Waals surface area contributed by atoms with Crippen LogP contribution in [0.1, 0.15) is 133 Å². The number of likely N-dealkylation sites (N-methyl/N-ethyl adjacent to an activating group) is 1. The third kappa shape index (κ3) is 10.5. The lowest BCUT2D eigenvalue weighted by Gasteiger charge is -2.41. The molecule has 1 saturated carbocycles. The zero-order valence-corrected chi connectivity index (χ0v) is 31.4. The van der Waals surface area contributed by atoms with Crippen molar-refractivity contribution in [3.8, 4) is 0 Å². The van der Waals surface area contributed by atoms with Gasteiger partial charge < -0.3 is 20.4 Å². The molecule has 0 spiro atoms. The largest absolute Gasteiger partial charge is 0.353 e. The van der Waals surface area contributed by atoms with Gasteiger partial charge in [0.05, 0.1) is 12.1 Å². The molecule has 2 N–H and O–H groups in total. The molecular formula is C38H67N5O4. The van der Waals surface area contributed by atoms with Crippen molar-refractivity contribution in [3.63, 3.8) is 0 Å². The SMILES string of the molecule is C/C(=C\[C@H](C(C)C)N(C)C(=O)C(NC(=O)C1CCCCN1C(C)C)C(C)(C)C)C(=O)N1CCCC1CC(=O)N[C@@H](C)C1CCCCC1. The fraction of sp³-hybridized carbons (Fsp3) is 0.842. The Labute approximate surface area is 286 Å². The number of piperidine rings is 1. The number of hydrogen-bond donors (Lipinski definition) is 2. The molecule has 1 aliphatic carbocycles. The average Bonchev–Trinajstić information content (AvgIpc) is 3.48. The fourth-order valence-corrected chi connectivity index (χ4v) is 7.99. The molecule has 4 amide bonds. The van der Waals surface area contributed by atoms with Gasteiger partial charge in [-0.05, 0) is 90.0 Å². The van der Waals surface area contributed by atoms with E-state index < -0.39 is 11.5 Å². The van der Waals surface area contributed by atoms with E-state index in [1.54, 1.807) is 11.9 Å². The third-order valence-corrected chi connectivity index (χ3v) is 11.0. The molecule has 0 radical (unpaired) electrons. The fourth-order valence-electron chi connectivity index (χ4n) is 7.99. The highest BCUT2D eigenvalue weighted by Gasteiger charge is 2.40. The van der Waals surface area contributed by atoms with Crippen LogP contribution in [0.15, 0.2) is 11.6 Å². The zero-order chi connectivity index (χ0) is 35.1. The van der Waals surface area contributed by atoms with Crippen LogP contribution < -0.4 is 10.6 Å².